The van der Waals surface area contributed by atoms with Crippen LogP contribution in [0.4, 0.5) is 0 Å². The number of hydrogen-bond donors (Lipinski definition) is 1. The van der Waals surface area contributed by atoms with Gasteiger partial charge in [-0.25, -0.2) is 0 Å². The predicted octanol–water partition coefficient (Wildman–Crippen LogP) is 0.602. The molecule has 0 spiro atoms. The smallest absolute Gasteiger partial charge is 0.156 e. The molecule has 0 aliphatic rings. The summed E-state index contributed by atoms with van der Waals surface area (Å²) in [6.07, 6.45) is 2.60. The number of aliphatic hydroxyl groups is 1. The Kier molecular flexibility index (Phi) is 3.73. The normalized spacial score (nSPS) is 13.0. The lowest BCUT2D eigenvalue weighted by atomic mass is 10.3. The van der Waals surface area contributed by atoms with Crippen molar-refractivity contribution in [3.63, 3.8) is 0 Å². The van der Waals surface area contributed by atoms with E-state index in [0.29, 0.717) is 0 Å². The minimum absolute atomic E-state index is 0.136. The highest BCUT2D eigenvalue weighted by Crippen LogP contribution is 2.05. The van der Waals surface area contributed by atoms with Crippen LogP contribution in [0.15, 0.2) is 12.7 Å². The van der Waals surface area contributed by atoms with E-state index in [1.165, 1.54) is 0 Å². The molecule has 0 aliphatic carbocycles. The van der Waals surface area contributed by atoms with E-state index in [1.54, 1.807) is 6.08 Å². The van der Waals surface area contributed by atoms with Crippen LogP contribution in [0.2, 0.25) is 5.54 Å². The number of allylic oxidation sites excluding steroid dienone is 1. The van der Waals surface area contributed by atoms with Crippen LogP contribution < -0.4 is 0 Å². The van der Waals surface area contributed by atoms with E-state index in [1.807, 2.05) is 0 Å². The number of thiocarbonyl (C=S) groups is 1. The molecule has 0 bridgehead atoms. The predicted molar refractivity (Wildman–Crippen MR) is 43.7 cm³/mol. The van der Waals surface area contributed by atoms with Crippen molar-refractivity contribution in [3.8, 4) is 0 Å². The zero-order chi connectivity index (χ0) is 6.57. The Bertz CT molecular complexity index is 103. The fourth-order valence-corrected chi connectivity index (χ4v) is 0.780. The average Bonchev–Trinajstić information content (AvgIpc) is 1.67. The number of aliphatic hydroxyl groups excluding tert-OH is 1. The van der Waals surface area contributed by atoms with Gasteiger partial charge in [-0.3, -0.25) is 0 Å². The van der Waals surface area contributed by atoms with Crippen molar-refractivity contribution < 1.29 is 5.11 Å². The second-order valence-electron chi connectivity index (χ2n) is 1.76. The molecule has 0 radical (unpaired) electrons. The fourth-order valence-electron chi connectivity index (χ4n) is 0.351. The molecule has 0 aromatic rings. The van der Waals surface area contributed by atoms with Crippen molar-refractivity contribution in [1.29, 1.82) is 0 Å². The zero-order valence-electron chi connectivity index (χ0n) is 4.92. The standard InChI is InChI=1S/C5H10OSSi/c1-2-3-4(8)5(6)7/h2,4H,1,3H2,8H3,(H,6,7). The second kappa shape index (κ2) is 3.80. The van der Waals surface area contributed by atoms with Crippen molar-refractivity contribution >= 4 is 27.5 Å². The number of rotatable bonds is 3. The molecular weight excluding hydrogens is 136 g/mol. The summed E-state index contributed by atoms with van der Waals surface area (Å²) in [6.45, 7) is 3.53. The highest BCUT2D eigenvalue weighted by molar-refractivity contribution is 7.80. The largest absolute Gasteiger partial charge is 0.502 e. The molecule has 0 rings (SSSR count). The van der Waals surface area contributed by atoms with Crippen LogP contribution in [-0.2, 0) is 0 Å². The Hall–Kier alpha value is -0.153. The Morgan fingerprint density at radius 3 is 2.62 bits per heavy atom. The molecule has 0 aromatic heterocycles. The van der Waals surface area contributed by atoms with Gasteiger partial charge in [0.25, 0.3) is 0 Å². The van der Waals surface area contributed by atoms with E-state index >= 15 is 0 Å². The van der Waals surface area contributed by atoms with Gasteiger partial charge in [-0.1, -0.05) is 6.08 Å². The van der Waals surface area contributed by atoms with Crippen LogP contribution >= 0.6 is 12.2 Å². The molecule has 0 aliphatic heterocycles. The molecule has 0 saturated carbocycles. The first kappa shape index (κ1) is 7.85. The monoisotopic (exact) mass is 146 g/mol. The molecule has 1 unspecified atom stereocenters. The molecule has 0 aromatic carbocycles. The van der Waals surface area contributed by atoms with Crippen LogP contribution in [0.25, 0.3) is 0 Å². The summed E-state index contributed by atoms with van der Waals surface area (Å²) < 4.78 is 0. The van der Waals surface area contributed by atoms with E-state index in [0.717, 1.165) is 16.7 Å². The van der Waals surface area contributed by atoms with Crippen molar-refractivity contribution in [2.75, 3.05) is 0 Å². The van der Waals surface area contributed by atoms with Gasteiger partial charge in [0, 0.05) is 15.8 Å². The first-order chi connectivity index (χ1) is 3.68. The van der Waals surface area contributed by atoms with E-state index in [4.69, 9.17) is 5.11 Å². The summed E-state index contributed by atoms with van der Waals surface area (Å²) in [4.78, 5) is 0. The lowest BCUT2D eigenvalue weighted by molar-refractivity contribution is 0.549. The Morgan fingerprint density at radius 2 is 2.50 bits per heavy atom. The molecule has 1 nitrogen and oxygen atoms in total. The minimum Gasteiger partial charge on any atom is -0.502 e. The lowest BCUT2D eigenvalue weighted by Crippen LogP contribution is -2.02. The van der Waals surface area contributed by atoms with Gasteiger partial charge >= 0.3 is 0 Å². The maximum atomic E-state index is 8.67. The molecule has 3 heteroatoms. The van der Waals surface area contributed by atoms with Crippen molar-refractivity contribution in [2.24, 2.45) is 0 Å². The quantitative estimate of drug-likeness (QED) is 0.357. The Morgan fingerprint density at radius 1 is 2.00 bits per heavy atom. The maximum Gasteiger partial charge on any atom is 0.156 e. The average molecular weight is 146 g/mol. The molecular formula is C5H10OSSi. The highest BCUT2D eigenvalue weighted by atomic mass is 32.1. The first-order valence-corrected chi connectivity index (χ1v) is 4.08. The zero-order valence-corrected chi connectivity index (χ0v) is 7.74. The Labute approximate surface area is 57.8 Å². The highest BCUT2D eigenvalue weighted by Gasteiger charge is 2.01. The lowest BCUT2D eigenvalue weighted by Gasteiger charge is -2.01. The van der Waals surface area contributed by atoms with Gasteiger partial charge in [-0.15, -0.1) is 6.58 Å². The van der Waals surface area contributed by atoms with Crippen molar-refractivity contribution in [2.45, 2.75) is 12.0 Å². The Balaban J connectivity index is 3.46. The van der Waals surface area contributed by atoms with Crippen LogP contribution in [0, 0.1) is 0 Å². The van der Waals surface area contributed by atoms with Gasteiger partial charge in [0.15, 0.2) is 5.05 Å². The molecule has 46 valence electrons. The molecule has 8 heavy (non-hydrogen) atoms. The molecule has 0 heterocycles. The molecule has 1 atom stereocenters. The third-order valence-electron chi connectivity index (χ3n) is 0.942. The van der Waals surface area contributed by atoms with Crippen LogP contribution in [0.5, 0.6) is 0 Å². The van der Waals surface area contributed by atoms with E-state index in [-0.39, 0.29) is 10.6 Å². The molecule has 1 N–H and O–H groups in total. The van der Waals surface area contributed by atoms with Crippen LogP contribution in [0.1, 0.15) is 6.42 Å². The van der Waals surface area contributed by atoms with Gasteiger partial charge in [-0.05, 0) is 18.6 Å². The summed E-state index contributed by atoms with van der Waals surface area (Å²) >= 11 is 4.53. The summed E-state index contributed by atoms with van der Waals surface area (Å²) in [6, 6.07) is 0. The van der Waals surface area contributed by atoms with Gasteiger partial charge < -0.3 is 5.11 Å². The number of hydrogen-bond acceptors (Lipinski definition) is 1. The fraction of sp³-hybridized carbons (Fsp3) is 0.400. The first-order valence-electron chi connectivity index (χ1n) is 2.52. The van der Waals surface area contributed by atoms with Gasteiger partial charge in [0.1, 0.15) is 0 Å². The summed E-state index contributed by atoms with van der Waals surface area (Å²) in [5, 5.41) is 8.81. The SMILES string of the molecule is C=CCC([SiH3])C(O)=S. The van der Waals surface area contributed by atoms with Gasteiger partial charge in [0.05, 0.1) is 0 Å². The van der Waals surface area contributed by atoms with Gasteiger partial charge in [-0.2, -0.15) is 0 Å². The van der Waals surface area contributed by atoms with Crippen molar-refractivity contribution in [1.82, 2.24) is 0 Å². The van der Waals surface area contributed by atoms with Crippen molar-refractivity contribution in [3.05, 3.63) is 12.7 Å². The molecule has 0 fully saturated rings. The summed E-state index contributed by atoms with van der Waals surface area (Å²) in [7, 11) is 0.921. The molecule has 0 amide bonds. The van der Waals surface area contributed by atoms with E-state index in [9.17, 15) is 0 Å². The van der Waals surface area contributed by atoms with Gasteiger partial charge in [0.2, 0.25) is 0 Å². The third-order valence-corrected chi connectivity index (χ3v) is 2.78. The van der Waals surface area contributed by atoms with E-state index in [2.05, 4.69) is 18.8 Å². The van der Waals surface area contributed by atoms with Crippen LogP contribution in [0.3, 0.4) is 0 Å². The maximum absolute atomic E-state index is 8.67. The summed E-state index contributed by atoms with van der Waals surface area (Å²) in [5.74, 6) is 0. The van der Waals surface area contributed by atoms with E-state index < -0.39 is 0 Å². The minimum atomic E-state index is 0.136. The topological polar surface area (TPSA) is 20.2 Å². The second-order valence-corrected chi connectivity index (χ2v) is 3.58. The molecule has 0 saturated heterocycles. The summed E-state index contributed by atoms with van der Waals surface area (Å²) in [5.41, 5.74) is 0.225. The third kappa shape index (κ3) is 2.93. The van der Waals surface area contributed by atoms with Crippen LogP contribution in [-0.4, -0.2) is 20.4 Å².